The highest BCUT2D eigenvalue weighted by Crippen LogP contribution is 2.32. The lowest BCUT2D eigenvalue weighted by atomic mass is 10.1. The number of para-hydroxylation sites is 2. The Bertz CT molecular complexity index is 587. The summed E-state index contributed by atoms with van der Waals surface area (Å²) in [6.45, 7) is 2.86. The standard InChI is InChI=1S/C17H21NO2S/c1-4-21-16-11-6-5-9-14(16)18-12-13-8-7-10-15(19-2)17(13)20-3/h5-11,18H,4,12H2,1-3H3. The topological polar surface area (TPSA) is 30.5 Å². The van der Waals surface area contributed by atoms with Gasteiger partial charge >= 0.3 is 0 Å². The van der Waals surface area contributed by atoms with Crippen LogP contribution in [0.2, 0.25) is 0 Å². The first-order valence-corrected chi connectivity index (χ1v) is 7.94. The van der Waals surface area contributed by atoms with Crippen molar-refractivity contribution in [2.24, 2.45) is 0 Å². The maximum Gasteiger partial charge on any atom is 0.165 e. The van der Waals surface area contributed by atoms with Gasteiger partial charge in [-0.15, -0.1) is 11.8 Å². The highest BCUT2D eigenvalue weighted by Gasteiger charge is 2.09. The summed E-state index contributed by atoms with van der Waals surface area (Å²) in [6.07, 6.45) is 0. The van der Waals surface area contributed by atoms with Gasteiger partial charge in [-0.25, -0.2) is 0 Å². The molecule has 3 nitrogen and oxygen atoms in total. The maximum atomic E-state index is 5.46. The number of hydrogen-bond donors (Lipinski definition) is 1. The van der Waals surface area contributed by atoms with Crippen molar-refractivity contribution < 1.29 is 9.47 Å². The molecule has 112 valence electrons. The Balaban J connectivity index is 2.17. The van der Waals surface area contributed by atoms with Gasteiger partial charge in [0, 0.05) is 22.7 Å². The molecule has 2 rings (SSSR count). The van der Waals surface area contributed by atoms with Crippen LogP contribution in [0.1, 0.15) is 12.5 Å². The molecule has 0 spiro atoms. The quantitative estimate of drug-likeness (QED) is 0.767. The average Bonchev–Trinajstić information content (AvgIpc) is 2.53. The van der Waals surface area contributed by atoms with E-state index in [1.807, 2.05) is 36.0 Å². The van der Waals surface area contributed by atoms with Crippen molar-refractivity contribution in [2.75, 3.05) is 25.3 Å². The molecule has 0 aromatic heterocycles. The number of nitrogens with one attached hydrogen (secondary N) is 1. The van der Waals surface area contributed by atoms with Crippen LogP contribution < -0.4 is 14.8 Å². The first-order valence-electron chi connectivity index (χ1n) is 6.95. The largest absolute Gasteiger partial charge is 0.493 e. The molecule has 0 radical (unpaired) electrons. The van der Waals surface area contributed by atoms with Gasteiger partial charge in [0.15, 0.2) is 11.5 Å². The molecule has 0 saturated heterocycles. The minimum atomic E-state index is 0.696. The van der Waals surface area contributed by atoms with Crippen LogP contribution in [0, 0.1) is 0 Å². The lowest BCUT2D eigenvalue weighted by molar-refractivity contribution is 0.352. The van der Waals surface area contributed by atoms with Gasteiger partial charge in [-0.1, -0.05) is 31.2 Å². The molecule has 0 aliphatic carbocycles. The van der Waals surface area contributed by atoms with E-state index in [9.17, 15) is 0 Å². The van der Waals surface area contributed by atoms with Crippen molar-refractivity contribution in [1.82, 2.24) is 0 Å². The van der Waals surface area contributed by atoms with Gasteiger partial charge in [0.05, 0.1) is 14.2 Å². The number of thioether (sulfide) groups is 1. The number of rotatable bonds is 7. The maximum absolute atomic E-state index is 5.46. The number of methoxy groups -OCH3 is 2. The van der Waals surface area contributed by atoms with E-state index in [-0.39, 0.29) is 0 Å². The fourth-order valence-electron chi connectivity index (χ4n) is 2.18. The third-order valence-electron chi connectivity index (χ3n) is 3.14. The summed E-state index contributed by atoms with van der Waals surface area (Å²) < 4.78 is 10.8. The highest BCUT2D eigenvalue weighted by molar-refractivity contribution is 7.99. The predicted octanol–water partition coefficient (Wildman–Crippen LogP) is 4.43. The number of benzene rings is 2. The molecule has 21 heavy (non-hydrogen) atoms. The fourth-order valence-corrected chi connectivity index (χ4v) is 2.96. The van der Waals surface area contributed by atoms with Crippen LogP contribution >= 0.6 is 11.8 Å². The van der Waals surface area contributed by atoms with Crippen LogP contribution in [0.25, 0.3) is 0 Å². The Hall–Kier alpha value is -1.81. The smallest absolute Gasteiger partial charge is 0.165 e. The second-order valence-electron chi connectivity index (χ2n) is 4.44. The first-order chi connectivity index (χ1) is 10.3. The molecule has 0 aliphatic heterocycles. The lowest BCUT2D eigenvalue weighted by Gasteiger charge is -2.15. The zero-order chi connectivity index (χ0) is 15.1. The summed E-state index contributed by atoms with van der Waals surface area (Å²) in [7, 11) is 3.32. The Kier molecular flexibility index (Phi) is 5.81. The van der Waals surface area contributed by atoms with Crippen LogP contribution in [0.4, 0.5) is 5.69 Å². The third kappa shape index (κ3) is 3.85. The molecule has 0 heterocycles. The third-order valence-corrected chi connectivity index (χ3v) is 4.10. The normalized spacial score (nSPS) is 10.2. The number of hydrogen-bond acceptors (Lipinski definition) is 4. The van der Waals surface area contributed by atoms with Gasteiger partial charge in [-0.2, -0.15) is 0 Å². The van der Waals surface area contributed by atoms with Crippen molar-refractivity contribution in [2.45, 2.75) is 18.4 Å². The van der Waals surface area contributed by atoms with Gasteiger partial charge in [0.2, 0.25) is 0 Å². The first kappa shape index (κ1) is 15.6. The summed E-state index contributed by atoms with van der Waals surface area (Å²) in [5.41, 5.74) is 2.22. The Labute approximate surface area is 130 Å². The zero-order valence-corrected chi connectivity index (χ0v) is 13.5. The molecule has 2 aromatic rings. The summed E-state index contributed by atoms with van der Waals surface area (Å²) >= 11 is 1.84. The van der Waals surface area contributed by atoms with Gasteiger partial charge in [0.25, 0.3) is 0 Å². The van der Waals surface area contributed by atoms with Crippen LogP contribution in [-0.2, 0) is 6.54 Å². The van der Waals surface area contributed by atoms with Crippen molar-refractivity contribution in [3.63, 3.8) is 0 Å². The zero-order valence-electron chi connectivity index (χ0n) is 12.7. The highest BCUT2D eigenvalue weighted by atomic mass is 32.2. The second-order valence-corrected chi connectivity index (χ2v) is 5.74. The minimum Gasteiger partial charge on any atom is -0.493 e. The fraction of sp³-hybridized carbons (Fsp3) is 0.294. The number of anilines is 1. The van der Waals surface area contributed by atoms with Gasteiger partial charge in [0.1, 0.15) is 0 Å². The van der Waals surface area contributed by atoms with E-state index in [1.54, 1.807) is 14.2 Å². The summed E-state index contributed by atoms with van der Waals surface area (Å²) in [6, 6.07) is 14.3. The van der Waals surface area contributed by atoms with E-state index in [1.165, 1.54) is 4.90 Å². The van der Waals surface area contributed by atoms with Crippen molar-refractivity contribution >= 4 is 17.4 Å². The Morgan fingerprint density at radius 1 is 1.00 bits per heavy atom. The van der Waals surface area contributed by atoms with Crippen molar-refractivity contribution in [3.05, 3.63) is 48.0 Å². The summed E-state index contributed by atoms with van der Waals surface area (Å²) in [4.78, 5) is 1.27. The Morgan fingerprint density at radius 3 is 2.52 bits per heavy atom. The molecule has 4 heteroatoms. The van der Waals surface area contributed by atoms with Gasteiger partial charge in [-0.05, 0) is 24.0 Å². The molecule has 2 aromatic carbocycles. The van der Waals surface area contributed by atoms with Crippen LogP contribution in [0.15, 0.2) is 47.4 Å². The molecular formula is C17H21NO2S. The monoisotopic (exact) mass is 303 g/mol. The van der Waals surface area contributed by atoms with E-state index in [2.05, 4.69) is 30.4 Å². The molecular weight excluding hydrogens is 282 g/mol. The molecule has 0 unspecified atom stereocenters. The van der Waals surface area contributed by atoms with E-state index < -0.39 is 0 Å². The van der Waals surface area contributed by atoms with Crippen molar-refractivity contribution in [1.29, 1.82) is 0 Å². The van der Waals surface area contributed by atoms with Crippen LogP contribution in [0.3, 0.4) is 0 Å². The summed E-state index contributed by atoms with van der Waals surface area (Å²) in [5.74, 6) is 2.60. The Morgan fingerprint density at radius 2 is 1.81 bits per heavy atom. The van der Waals surface area contributed by atoms with E-state index >= 15 is 0 Å². The molecule has 0 fully saturated rings. The van der Waals surface area contributed by atoms with Crippen LogP contribution in [-0.4, -0.2) is 20.0 Å². The molecule has 0 saturated carbocycles. The van der Waals surface area contributed by atoms with Gasteiger partial charge < -0.3 is 14.8 Å². The van der Waals surface area contributed by atoms with E-state index in [0.29, 0.717) is 6.54 Å². The average molecular weight is 303 g/mol. The summed E-state index contributed by atoms with van der Waals surface area (Å²) in [5, 5.41) is 3.48. The van der Waals surface area contributed by atoms with Crippen molar-refractivity contribution in [3.8, 4) is 11.5 Å². The number of ether oxygens (including phenoxy) is 2. The molecule has 0 bridgehead atoms. The van der Waals surface area contributed by atoms with Gasteiger partial charge in [-0.3, -0.25) is 0 Å². The van der Waals surface area contributed by atoms with E-state index in [4.69, 9.17) is 9.47 Å². The second kappa shape index (κ2) is 7.84. The minimum absolute atomic E-state index is 0.696. The van der Waals surface area contributed by atoms with Crippen LogP contribution in [0.5, 0.6) is 11.5 Å². The molecule has 0 aliphatic rings. The molecule has 0 amide bonds. The molecule has 1 N–H and O–H groups in total. The SMILES string of the molecule is CCSc1ccccc1NCc1cccc(OC)c1OC. The predicted molar refractivity (Wildman–Crippen MR) is 89.7 cm³/mol. The van der Waals surface area contributed by atoms with E-state index in [0.717, 1.165) is 28.5 Å². The lowest BCUT2D eigenvalue weighted by Crippen LogP contribution is -2.03. The molecule has 0 atom stereocenters.